The highest BCUT2D eigenvalue weighted by Gasteiger charge is 2.36. The zero-order chi connectivity index (χ0) is 20.4. The summed E-state index contributed by atoms with van der Waals surface area (Å²) in [6, 6.07) is 4.02. The van der Waals surface area contributed by atoms with E-state index in [0.29, 0.717) is 23.9 Å². The van der Waals surface area contributed by atoms with Gasteiger partial charge in [0.2, 0.25) is 5.95 Å². The van der Waals surface area contributed by atoms with E-state index in [1.54, 1.807) is 18.7 Å². The molecule has 0 saturated carbocycles. The maximum absolute atomic E-state index is 13.3. The number of aromatic nitrogens is 7. The van der Waals surface area contributed by atoms with E-state index in [1.807, 2.05) is 40.1 Å². The van der Waals surface area contributed by atoms with Crippen molar-refractivity contribution >= 4 is 17.1 Å². The largest absolute Gasteiger partial charge is 0.340 e. The Bertz CT molecular complexity index is 1330. The maximum Gasteiger partial charge on any atom is 0.261 e. The number of pyridine rings is 1. The van der Waals surface area contributed by atoms with Crippen LogP contribution in [0.25, 0.3) is 22.6 Å². The molecule has 2 atom stereocenters. The molecule has 2 aliphatic rings. The lowest BCUT2D eigenvalue weighted by atomic mass is 9.83. The fourth-order valence-corrected chi connectivity index (χ4v) is 4.97. The molecule has 0 aliphatic carbocycles. The minimum atomic E-state index is 0.0532. The highest BCUT2D eigenvalue weighted by atomic mass is 16.1. The van der Waals surface area contributed by atoms with Gasteiger partial charge in [0.15, 0.2) is 5.65 Å². The zero-order valence-electron chi connectivity index (χ0n) is 16.9. The van der Waals surface area contributed by atoms with E-state index in [0.717, 1.165) is 42.3 Å². The van der Waals surface area contributed by atoms with Gasteiger partial charge in [0.05, 0.1) is 18.1 Å². The number of rotatable bonds is 2. The Morgan fingerprint density at radius 2 is 1.93 bits per heavy atom. The normalized spacial score (nSPS) is 20.5. The van der Waals surface area contributed by atoms with E-state index < -0.39 is 0 Å². The number of piperidine rings is 1. The van der Waals surface area contributed by atoms with Crippen LogP contribution in [-0.4, -0.2) is 46.7 Å². The Kier molecular flexibility index (Phi) is 3.62. The lowest BCUT2D eigenvalue weighted by molar-refractivity contribution is 0.280. The second-order valence-electron chi connectivity index (χ2n) is 8.39. The number of imidazole rings is 2. The van der Waals surface area contributed by atoms with Gasteiger partial charge in [-0.15, -0.1) is 0 Å². The number of hydrogen-bond acceptors (Lipinski definition) is 6. The third-order valence-electron chi connectivity index (χ3n) is 6.39. The third-order valence-corrected chi connectivity index (χ3v) is 6.39. The van der Waals surface area contributed by atoms with Crippen molar-refractivity contribution in [2.75, 3.05) is 18.0 Å². The van der Waals surface area contributed by atoms with Crippen molar-refractivity contribution < 1.29 is 0 Å². The molecule has 0 amide bonds. The van der Waals surface area contributed by atoms with E-state index in [4.69, 9.17) is 4.98 Å². The van der Waals surface area contributed by atoms with Gasteiger partial charge < -0.3 is 18.6 Å². The van der Waals surface area contributed by atoms with Gasteiger partial charge in [0.25, 0.3) is 5.56 Å². The molecule has 152 valence electrons. The Balaban J connectivity index is 1.37. The van der Waals surface area contributed by atoms with Gasteiger partial charge in [-0.05, 0) is 24.5 Å². The van der Waals surface area contributed by atoms with Crippen LogP contribution in [0, 0.1) is 5.92 Å². The first-order chi connectivity index (χ1) is 14.6. The first-order valence-electron chi connectivity index (χ1n) is 10.2. The summed E-state index contributed by atoms with van der Waals surface area (Å²) in [5.74, 6) is 2.12. The van der Waals surface area contributed by atoms with Gasteiger partial charge in [-0.1, -0.05) is 0 Å². The molecule has 6 rings (SSSR count). The molecule has 4 aromatic rings. The summed E-state index contributed by atoms with van der Waals surface area (Å²) in [6.45, 7) is 2.37. The van der Waals surface area contributed by atoms with Crippen molar-refractivity contribution in [3.63, 3.8) is 0 Å². The second kappa shape index (κ2) is 6.25. The number of aryl methyl sites for hydroxylation is 2. The molecular weight excluding hydrogens is 380 g/mol. The van der Waals surface area contributed by atoms with Crippen LogP contribution in [0.1, 0.15) is 18.0 Å². The summed E-state index contributed by atoms with van der Waals surface area (Å²) in [5, 5.41) is 0. The van der Waals surface area contributed by atoms with Crippen LogP contribution in [0.2, 0.25) is 0 Å². The zero-order valence-corrected chi connectivity index (χ0v) is 16.9. The van der Waals surface area contributed by atoms with E-state index in [1.165, 1.54) is 0 Å². The quantitative estimate of drug-likeness (QED) is 0.506. The van der Waals surface area contributed by atoms with Gasteiger partial charge in [-0.25, -0.2) is 15.0 Å². The molecule has 1 saturated heterocycles. The fourth-order valence-electron chi connectivity index (χ4n) is 4.97. The predicted octanol–water partition coefficient (Wildman–Crippen LogP) is 1.55. The van der Waals surface area contributed by atoms with Gasteiger partial charge in [0.1, 0.15) is 11.3 Å². The summed E-state index contributed by atoms with van der Waals surface area (Å²) in [4.78, 5) is 33.5. The first-order valence-corrected chi connectivity index (χ1v) is 10.2. The van der Waals surface area contributed by atoms with Crippen LogP contribution in [-0.2, 0) is 20.6 Å². The molecule has 0 unspecified atom stereocenters. The molecule has 0 radical (unpaired) electrons. The standard InChI is InChI=1S/C21H22N8O/c1-26-6-5-22-18(26)15-3-4-17-14-7-13(10-29(17)20(15)30)9-28(11-14)21-23-8-16-19(25-21)27(2)12-24-16/h3-6,8,12-14H,7,9-11H2,1-2H3/t13-,14+/m0/s1. The highest BCUT2D eigenvalue weighted by molar-refractivity contribution is 5.70. The minimum Gasteiger partial charge on any atom is -0.340 e. The highest BCUT2D eigenvalue weighted by Crippen LogP contribution is 2.36. The Morgan fingerprint density at radius 1 is 1.03 bits per heavy atom. The molecule has 1 fully saturated rings. The molecule has 0 N–H and O–H groups in total. The molecule has 9 heteroatoms. The van der Waals surface area contributed by atoms with Crippen LogP contribution in [0.5, 0.6) is 0 Å². The molecule has 6 heterocycles. The molecule has 2 aliphatic heterocycles. The summed E-state index contributed by atoms with van der Waals surface area (Å²) in [6.07, 6.45) is 8.23. The second-order valence-corrected chi connectivity index (χ2v) is 8.39. The Labute approximate surface area is 172 Å². The van der Waals surface area contributed by atoms with E-state index in [2.05, 4.69) is 25.9 Å². The summed E-state index contributed by atoms with van der Waals surface area (Å²) in [5.41, 5.74) is 3.45. The van der Waals surface area contributed by atoms with E-state index >= 15 is 0 Å². The third kappa shape index (κ3) is 2.51. The lowest BCUT2D eigenvalue weighted by Gasteiger charge is -2.42. The monoisotopic (exact) mass is 402 g/mol. The minimum absolute atomic E-state index is 0.0532. The summed E-state index contributed by atoms with van der Waals surface area (Å²) >= 11 is 0. The molecule has 30 heavy (non-hydrogen) atoms. The van der Waals surface area contributed by atoms with Crippen LogP contribution in [0.15, 0.2) is 41.8 Å². The van der Waals surface area contributed by atoms with Gasteiger partial charge >= 0.3 is 0 Å². The molecule has 0 aromatic carbocycles. The van der Waals surface area contributed by atoms with E-state index in [-0.39, 0.29) is 11.5 Å². The number of fused-ring (bicyclic) bond motifs is 5. The number of hydrogen-bond donors (Lipinski definition) is 0. The van der Waals surface area contributed by atoms with Gasteiger partial charge in [-0.2, -0.15) is 4.98 Å². The van der Waals surface area contributed by atoms with Crippen LogP contribution in [0.4, 0.5) is 5.95 Å². The smallest absolute Gasteiger partial charge is 0.261 e. The van der Waals surface area contributed by atoms with Crippen molar-refractivity contribution in [1.29, 1.82) is 0 Å². The van der Waals surface area contributed by atoms with Crippen molar-refractivity contribution in [2.45, 2.75) is 18.9 Å². The fraction of sp³-hybridized carbons (Fsp3) is 0.381. The van der Waals surface area contributed by atoms with Crippen LogP contribution in [0.3, 0.4) is 0 Å². The number of anilines is 1. The Hall–Kier alpha value is -3.49. The van der Waals surface area contributed by atoms with Crippen LogP contribution < -0.4 is 10.5 Å². The summed E-state index contributed by atoms with van der Waals surface area (Å²) in [7, 11) is 3.86. The predicted molar refractivity (Wildman–Crippen MR) is 112 cm³/mol. The van der Waals surface area contributed by atoms with Crippen molar-refractivity contribution in [3.05, 3.63) is 53.1 Å². The molecule has 2 bridgehead atoms. The molecule has 4 aromatic heterocycles. The molecule has 9 nitrogen and oxygen atoms in total. The van der Waals surface area contributed by atoms with Gasteiger partial charge in [-0.3, -0.25) is 4.79 Å². The van der Waals surface area contributed by atoms with Crippen molar-refractivity contribution in [1.82, 2.24) is 33.6 Å². The topological polar surface area (TPSA) is 86.7 Å². The summed E-state index contributed by atoms with van der Waals surface area (Å²) < 4.78 is 5.77. The SMILES string of the molecule is Cn1ccnc1-c1ccc2n(c1=O)C[C@H]1C[C@@H]2CN(c2ncc3ncn(C)c3n2)C1. The van der Waals surface area contributed by atoms with E-state index in [9.17, 15) is 4.79 Å². The molecular formula is C21H22N8O. The average molecular weight is 402 g/mol. The maximum atomic E-state index is 13.3. The lowest BCUT2D eigenvalue weighted by Crippen LogP contribution is -2.48. The Morgan fingerprint density at radius 3 is 2.77 bits per heavy atom. The van der Waals surface area contributed by atoms with Crippen molar-refractivity contribution in [2.24, 2.45) is 20.0 Å². The first kappa shape index (κ1) is 17.4. The average Bonchev–Trinajstić information content (AvgIpc) is 3.34. The van der Waals surface area contributed by atoms with Crippen molar-refractivity contribution in [3.8, 4) is 11.4 Å². The van der Waals surface area contributed by atoms with Gasteiger partial charge in [0, 0.05) is 57.7 Å². The number of nitrogens with zero attached hydrogens (tertiary/aromatic N) is 8. The van der Waals surface area contributed by atoms with Crippen LogP contribution >= 0.6 is 0 Å². The molecule has 0 spiro atoms.